The van der Waals surface area contributed by atoms with Crippen LogP contribution in [0.4, 0.5) is 46.5 Å². The first-order valence-electron chi connectivity index (χ1n) is 10.4. The Morgan fingerprint density at radius 3 is 1.26 bits per heavy atom. The van der Waals surface area contributed by atoms with Crippen LogP contribution in [-0.4, -0.2) is 36.9 Å². The molecule has 0 heterocycles. The number of nitrogens with one attached hydrogen (secondary N) is 2. The van der Waals surface area contributed by atoms with Crippen LogP contribution in [0, 0.1) is 0 Å². The number of rotatable bonds is 10. The zero-order valence-corrected chi connectivity index (χ0v) is 18.7. The Labute approximate surface area is 209 Å². The van der Waals surface area contributed by atoms with Gasteiger partial charge in [-0.1, -0.05) is 6.07 Å². The Kier molecular flexibility index (Phi) is 8.43. The van der Waals surface area contributed by atoms with E-state index in [0.717, 1.165) is 48.5 Å². The van der Waals surface area contributed by atoms with Gasteiger partial charge >= 0.3 is 25.1 Å². The Morgan fingerprint density at radius 2 is 0.947 bits per heavy atom. The van der Waals surface area contributed by atoms with E-state index in [9.17, 15) is 44.7 Å². The van der Waals surface area contributed by atoms with Crippen LogP contribution in [0.3, 0.4) is 0 Å². The number of amides is 2. The fraction of sp³-hybridized carbons (Fsp3) is 0.167. The normalized spacial score (nSPS) is 11.8. The molecule has 0 aromatic heterocycles. The maximum Gasteiger partial charge on any atom is 0.461 e. The van der Waals surface area contributed by atoms with Gasteiger partial charge in [0.15, 0.2) is 0 Å². The lowest BCUT2D eigenvalue weighted by Crippen LogP contribution is -2.33. The Hall–Kier alpha value is -4.36. The number of alkyl halides is 8. The van der Waals surface area contributed by atoms with Crippen LogP contribution < -0.4 is 20.1 Å². The zero-order valence-electron chi connectivity index (χ0n) is 18.7. The quantitative estimate of drug-likeness (QED) is 0.278. The van der Waals surface area contributed by atoms with Crippen molar-refractivity contribution in [2.24, 2.45) is 0 Å². The molecule has 0 saturated heterocycles. The molecule has 3 rings (SSSR count). The van der Waals surface area contributed by atoms with Gasteiger partial charge in [0.25, 0.3) is 11.8 Å². The van der Waals surface area contributed by atoms with E-state index in [1.165, 1.54) is 24.3 Å². The van der Waals surface area contributed by atoms with E-state index in [-0.39, 0.29) is 22.5 Å². The standard InChI is InChI=1S/C24H16F8N2O4/c25-21(26)23(29,30)37-17-8-4-15(5-9-17)33-19(35)13-2-1-3-14(12-13)20(36)34-16-6-10-18(11-7-16)38-24(31,32)22(27)28/h1-12,21-22H,(H,33,35)(H,34,36). The predicted octanol–water partition coefficient (Wildman–Crippen LogP) is 6.66. The van der Waals surface area contributed by atoms with Crippen LogP contribution in [0.1, 0.15) is 20.7 Å². The molecule has 2 N–H and O–H groups in total. The average Bonchev–Trinajstić information content (AvgIpc) is 2.86. The maximum absolute atomic E-state index is 13.0. The summed E-state index contributed by atoms with van der Waals surface area (Å²) in [6.45, 7) is 0. The SMILES string of the molecule is O=C(Nc1ccc(OC(F)(F)C(F)F)cc1)c1cccc(C(=O)Nc2ccc(OC(F)(F)C(F)F)cc2)c1. The van der Waals surface area contributed by atoms with E-state index in [1.807, 2.05) is 0 Å². The molecular weight excluding hydrogens is 532 g/mol. The summed E-state index contributed by atoms with van der Waals surface area (Å²) < 4.78 is 109. The molecule has 6 nitrogen and oxygen atoms in total. The Bertz CT molecular complexity index is 1170. The van der Waals surface area contributed by atoms with Crippen LogP contribution >= 0.6 is 0 Å². The first kappa shape index (κ1) is 28.2. The summed E-state index contributed by atoms with van der Waals surface area (Å²) in [5.41, 5.74) is 0.245. The first-order valence-corrected chi connectivity index (χ1v) is 10.4. The van der Waals surface area contributed by atoms with Crippen molar-refractivity contribution < 1.29 is 54.2 Å². The molecule has 0 aliphatic heterocycles. The molecule has 14 heteroatoms. The van der Waals surface area contributed by atoms with E-state index in [2.05, 4.69) is 20.1 Å². The molecule has 0 radical (unpaired) electrons. The molecule has 0 unspecified atom stereocenters. The second kappa shape index (κ2) is 11.4. The average molecular weight is 548 g/mol. The summed E-state index contributed by atoms with van der Waals surface area (Å²) in [6, 6.07) is 13.6. The number of hydrogen-bond acceptors (Lipinski definition) is 4. The van der Waals surface area contributed by atoms with Crippen LogP contribution in [0.25, 0.3) is 0 Å². The van der Waals surface area contributed by atoms with Gasteiger partial charge in [0.2, 0.25) is 0 Å². The molecule has 0 spiro atoms. The summed E-state index contributed by atoms with van der Waals surface area (Å²) in [7, 11) is 0. The highest BCUT2D eigenvalue weighted by Crippen LogP contribution is 2.29. The van der Waals surface area contributed by atoms with Crippen molar-refractivity contribution in [1.82, 2.24) is 0 Å². The van der Waals surface area contributed by atoms with Crippen molar-refractivity contribution in [3.63, 3.8) is 0 Å². The molecular formula is C24H16F8N2O4. The highest BCUT2D eigenvalue weighted by molar-refractivity contribution is 6.08. The number of halogens is 8. The number of anilines is 2. The largest absolute Gasteiger partial charge is 0.461 e. The van der Waals surface area contributed by atoms with E-state index in [0.29, 0.717) is 0 Å². The van der Waals surface area contributed by atoms with Gasteiger partial charge in [-0.2, -0.15) is 35.1 Å². The molecule has 3 aromatic carbocycles. The fourth-order valence-electron chi connectivity index (χ4n) is 2.82. The third-order valence-electron chi connectivity index (χ3n) is 4.63. The topological polar surface area (TPSA) is 76.7 Å². The van der Waals surface area contributed by atoms with Crippen LogP contribution in [0.15, 0.2) is 72.8 Å². The summed E-state index contributed by atoms with van der Waals surface area (Å²) >= 11 is 0. The molecule has 0 aliphatic rings. The molecule has 2 amide bonds. The van der Waals surface area contributed by atoms with Gasteiger partial charge < -0.3 is 20.1 Å². The highest BCUT2D eigenvalue weighted by Gasteiger charge is 2.44. The van der Waals surface area contributed by atoms with Gasteiger partial charge in [0, 0.05) is 22.5 Å². The van der Waals surface area contributed by atoms with Gasteiger partial charge in [-0.3, -0.25) is 9.59 Å². The number of hydrogen-bond donors (Lipinski definition) is 2. The Morgan fingerprint density at radius 1 is 0.605 bits per heavy atom. The van der Waals surface area contributed by atoms with Crippen molar-refractivity contribution in [1.29, 1.82) is 0 Å². The Balaban J connectivity index is 1.62. The smallest absolute Gasteiger partial charge is 0.428 e. The molecule has 202 valence electrons. The second-order valence-electron chi connectivity index (χ2n) is 7.47. The predicted molar refractivity (Wildman–Crippen MR) is 118 cm³/mol. The summed E-state index contributed by atoms with van der Waals surface area (Å²) in [4.78, 5) is 25.1. The van der Waals surface area contributed by atoms with Crippen molar-refractivity contribution in [2.75, 3.05) is 10.6 Å². The van der Waals surface area contributed by atoms with Crippen LogP contribution in [0.2, 0.25) is 0 Å². The summed E-state index contributed by atoms with van der Waals surface area (Å²) in [6.07, 6.45) is -17.5. The molecule has 0 saturated carbocycles. The minimum absolute atomic E-state index is 0.0141. The molecule has 38 heavy (non-hydrogen) atoms. The minimum atomic E-state index is -4.69. The second-order valence-corrected chi connectivity index (χ2v) is 7.47. The van der Waals surface area contributed by atoms with Gasteiger partial charge in [0.1, 0.15) is 11.5 Å². The first-order chi connectivity index (χ1) is 17.8. The highest BCUT2D eigenvalue weighted by atomic mass is 19.3. The van der Waals surface area contributed by atoms with Crippen molar-refractivity contribution >= 4 is 23.2 Å². The number of ether oxygens (including phenoxy) is 2. The fourth-order valence-corrected chi connectivity index (χ4v) is 2.82. The lowest BCUT2D eigenvalue weighted by atomic mass is 10.1. The molecule has 0 atom stereocenters. The molecule has 0 aliphatic carbocycles. The third kappa shape index (κ3) is 7.33. The third-order valence-corrected chi connectivity index (χ3v) is 4.63. The number of benzene rings is 3. The summed E-state index contributed by atoms with van der Waals surface area (Å²) in [5, 5.41) is 4.86. The van der Waals surface area contributed by atoms with E-state index in [4.69, 9.17) is 0 Å². The molecule has 0 bridgehead atoms. The van der Waals surface area contributed by atoms with E-state index >= 15 is 0 Å². The van der Waals surface area contributed by atoms with Gasteiger partial charge in [-0.15, -0.1) is 0 Å². The number of carbonyl (C=O) groups excluding carboxylic acids is 2. The maximum atomic E-state index is 13.0. The van der Waals surface area contributed by atoms with Crippen molar-refractivity contribution in [3.8, 4) is 11.5 Å². The van der Waals surface area contributed by atoms with E-state index < -0.39 is 48.4 Å². The molecule has 3 aromatic rings. The van der Waals surface area contributed by atoms with Crippen LogP contribution in [0.5, 0.6) is 11.5 Å². The summed E-state index contributed by atoms with van der Waals surface area (Å²) in [5.74, 6) is -2.52. The lowest BCUT2D eigenvalue weighted by Gasteiger charge is -2.17. The van der Waals surface area contributed by atoms with E-state index in [1.54, 1.807) is 0 Å². The van der Waals surface area contributed by atoms with Crippen LogP contribution in [-0.2, 0) is 0 Å². The van der Waals surface area contributed by atoms with Gasteiger partial charge in [-0.25, -0.2) is 0 Å². The van der Waals surface area contributed by atoms with Crippen molar-refractivity contribution in [2.45, 2.75) is 25.1 Å². The van der Waals surface area contributed by atoms with Crippen molar-refractivity contribution in [3.05, 3.63) is 83.9 Å². The molecule has 0 fully saturated rings. The van der Waals surface area contributed by atoms with Gasteiger partial charge in [0.05, 0.1) is 0 Å². The lowest BCUT2D eigenvalue weighted by molar-refractivity contribution is -0.253. The number of carbonyl (C=O) groups is 2. The monoisotopic (exact) mass is 548 g/mol. The minimum Gasteiger partial charge on any atom is -0.428 e. The zero-order chi connectivity index (χ0) is 28.1. The van der Waals surface area contributed by atoms with Gasteiger partial charge in [-0.05, 0) is 66.7 Å².